The first kappa shape index (κ1) is 12.0. The lowest BCUT2D eigenvalue weighted by Crippen LogP contribution is -2.44. The highest BCUT2D eigenvalue weighted by molar-refractivity contribution is 7.12. The van der Waals surface area contributed by atoms with Crippen LogP contribution in [0, 0.1) is 0 Å². The lowest BCUT2D eigenvalue weighted by Gasteiger charge is -2.18. The number of carbonyl (C=O) groups excluding carboxylic acids is 1. The summed E-state index contributed by atoms with van der Waals surface area (Å²) in [5, 5.41) is 4.56. The molecular weight excluding hydrogens is 212 g/mol. The second kappa shape index (κ2) is 4.63. The fourth-order valence-corrected chi connectivity index (χ4v) is 1.71. The van der Waals surface area contributed by atoms with Gasteiger partial charge in [0.2, 0.25) is 0 Å². The summed E-state index contributed by atoms with van der Waals surface area (Å²) >= 11 is 1.35. The summed E-state index contributed by atoms with van der Waals surface area (Å²) in [6, 6.07) is 1.71. The number of amides is 1. The van der Waals surface area contributed by atoms with Crippen molar-refractivity contribution in [3.8, 4) is 5.75 Å². The van der Waals surface area contributed by atoms with Crippen molar-refractivity contribution in [2.45, 2.75) is 19.4 Å². The van der Waals surface area contributed by atoms with Crippen LogP contribution in [0.4, 0.5) is 0 Å². The molecule has 0 aromatic carbocycles. The quantitative estimate of drug-likeness (QED) is 0.814. The van der Waals surface area contributed by atoms with Crippen LogP contribution in [-0.2, 0) is 0 Å². The van der Waals surface area contributed by atoms with Crippen molar-refractivity contribution in [3.63, 3.8) is 0 Å². The average Bonchev–Trinajstić information content (AvgIpc) is 2.61. The molecule has 0 atom stereocenters. The molecule has 3 N–H and O–H groups in total. The standard InChI is InChI=1S/C10H16N2O2S/c1-10(2,11)6-12-9(13)8-4-7(14-3)5-15-8/h4-5H,6,11H2,1-3H3,(H,12,13). The van der Waals surface area contributed by atoms with Gasteiger partial charge < -0.3 is 15.8 Å². The highest BCUT2D eigenvalue weighted by Gasteiger charge is 2.14. The second-order valence-electron chi connectivity index (χ2n) is 4.02. The molecule has 0 spiro atoms. The van der Waals surface area contributed by atoms with Crippen molar-refractivity contribution in [3.05, 3.63) is 16.3 Å². The molecule has 0 bridgehead atoms. The predicted molar refractivity (Wildman–Crippen MR) is 61.5 cm³/mol. The highest BCUT2D eigenvalue weighted by Crippen LogP contribution is 2.20. The van der Waals surface area contributed by atoms with Gasteiger partial charge in [-0.15, -0.1) is 11.3 Å². The van der Waals surface area contributed by atoms with Crippen molar-refractivity contribution in [2.24, 2.45) is 5.73 Å². The van der Waals surface area contributed by atoms with Crippen molar-refractivity contribution >= 4 is 17.2 Å². The van der Waals surface area contributed by atoms with Crippen LogP contribution in [0.5, 0.6) is 5.75 Å². The zero-order valence-electron chi connectivity index (χ0n) is 9.16. The Morgan fingerprint density at radius 3 is 2.80 bits per heavy atom. The van der Waals surface area contributed by atoms with Gasteiger partial charge in [0, 0.05) is 23.5 Å². The molecule has 0 saturated heterocycles. The Labute approximate surface area is 93.4 Å². The van der Waals surface area contributed by atoms with Crippen LogP contribution in [0.3, 0.4) is 0 Å². The van der Waals surface area contributed by atoms with Crippen LogP contribution >= 0.6 is 11.3 Å². The van der Waals surface area contributed by atoms with Crippen LogP contribution in [-0.4, -0.2) is 25.1 Å². The molecule has 0 unspecified atom stereocenters. The molecule has 5 heteroatoms. The summed E-state index contributed by atoms with van der Waals surface area (Å²) < 4.78 is 5.00. The van der Waals surface area contributed by atoms with E-state index in [-0.39, 0.29) is 5.91 Å². The molecule has 0 fully saturated rings. The lowest BCUT2D eigenvalue weighted by molar-refractivity contribution is 0.0950. The first-order valence-electron chi connectivity index (χ1n) is 4.62. The van der Waals surface area contributed by atoms with Gasteiger partial charge in [-0.3, -0.25) is 4.79 Å². The number of hydrogen-bond acceptors (Lipinski definition) is 4. The van der Waals surface area contributed by atoms with Gasteiger partial charge in [0.25, 0.3) is 5.91 Å². The maximum Gasteiger partial charge on any atom is 0.261 e. The summed E-state index contributed by atoms with van der Waals surface area (Å²) in [5.41, 5.74) is 5.37. The first-order chi connectivity index (χ1) is 6.92. The molecule has 1 heterocycles. The normalized spacial score (nSPS) is 11.2. The number of rotatable bonds is 4. The van der Waals surface area contributed by atoms with Gasteiger partial charge >= 0.3 is 0 Å². The molecule has 1 aromatic rings. The van der Waals surface area contributed by atoms with Gasteiger partial charge in [0.05, 0.1) is 12.0 Å². The third-order valence-electron chi connectivity index (χ3n) is 1.74. The number of nitrogens with two attached hydrogens (primary N) is 1. The maximum absolute atomic E-state index is 11.6. The van der Waals surface area contributed by atoms with E-state index in [4.69, 9.17) is 10.5 Å². The SMILES string of the molecule is COc1csc(C(=O)NCC(C)(C)N)c1. The summed E-state index contributed by atoms with van der Waals surface area (Å²) in [4.78, 5) is 12.2. The molecule has 0 aliphatic carbocycles. The second-order valence-corrected chi connectivity index (χ2v) is 4.93. The van der Waals surface area contributed by atoms with Crippen molar-refractivity contribution in [1.82, 2.24) is 5.32 Å². The van der Waals surface area contributed by atoms with E-state index in [9.17, 15) is 4.79 Å². The molecule has 15 heavy (non-hydrogen) atoms. The van der Waals surface area contributed by atoms with E-state index in [0.29, 0.717) is 17.2 Å². The van der Waals surface area contributed by atoms with Crippen LogP contribution in [0.15, 0.2) is 11.4 Å². The molecule has 0 saturated carbocycles. The fourth-order valence-electron chi connectivity index (χ4n) is 0.940. The van der Waals surface area contributed by atoms with Crippen LogP contribution in [0.1, 0.15) is 23.5 Å². The van der Waals surface area contributed by atoms with E-state index in [2.05, 4.69) is 5.32 Å². The molecule has 4 nitrogen and oxygen atoms in total. The summed E-state index contributed by atoms with van der Waals surface area (Å²) in [7, 11) is 1.58. The molecule has 0 radical (unpaired) electrons. The Morgan fingerprint density at radius 2 is 2.33 bits per heavy atom. The van der Waals surface area contributed by atoms with E-state index in [1.165, 1.54) is 11.3 Å². The molecular formula is C10H16N2O2S. The van der Waals surface area contributed by atoms with Crippen molar-refractivity contribution < 1.29 is 9.53 Å². The van der Waals surface area contributed by atoms with E-state index >= 15 is 0 Å². The Hall–Kier alpha value is -1.07. The van der Waals surface area contributed by atoms with E-state index in [0.717, 1.165) is 0 Å². The third-order valence-corrected chi connectivity index (χ3v) is 2.65. The van der Waals surface area contributed by atoms with E-state index in [1.807, 2.05) is 13.8 Å². The predicted octanol–water partition coefficient (Wildman–Crippen LogP) is 1.22. The smallest absolute Gasteiger partial charge is 0.261 e. The number of nitrogens with one attached hydrogen (secondary N) is 1. The monoisotopic (exact) mass is 228 g/mol. The van der Waals surface area contributed by atoms with Crippen LogP contribution in [0.25, 0.3) is 0 Å². The van der Waals surface area contributed by atoms with Crippen LogP contribution in [0.2, 0.25) is 0 Å². The van der Waals surface area contributed by atoms with Gasteiger partial charge in [-0.25, -0.2) is 0 Å². The topological polar surface area (TPSA) is 64.3 Å². The van der Waals surface area contributed by atoms with Gasteiger partial charge in [0.15, 0.2) is 0 Å². The van der Waals surface area contributed by atoms with Gasteiger partial charge in [0.1, 0.15) is 5.75 Å². The third kappa shape index (κ3) is 3.89. The van der Waals surface area contributed by atoms with Gasteiger partial charge in [-0.2, -0.15) is 0 Å². The first-order valence-corrected chi connectivity index (χ1v) is 5.50. The summed E-state index contributed by atoms with van der Waals surface area (Å²) in [6.45, 7) is 4.18. The molecule has 84 valence electrons. The molecule has 1 rings (SSSR count). The Morgan fingerprint density at radius 1 is 1.67 bits per heavy atom. The minimum atomic E-state index is -0.392. The molecule has 0 aliphatic heterocycles. The minimum Gasteiger partial charge on any atom is -0.496 e. The van der Waals surface area contributed by atoms with Gasteiger partial charge in [-0.05, 0) is 13.8 Å². The Balaban J connectivity index is 2.54. The highest BCUT2D eigenvalue weighted by atomic mass is 32.1. The fraction of sp³-hybridized carbons (Fsp3) is 0.500. The van der Waals surface area contributed by atoms with E-state index < -0.39 is 5.54 Å². The zero-order chi connectivity index (χ0) is 11.5. The number of thiophene rings is 1. The molecule has 1 amide bonds. The largest absolute Gasteiger partial charge is 0.496 e. The Kier molecular flexibility index (Phi) is 3.71. The minimum absolute atomic E-state index is 0.109. The average molecular weight is 228 g/mol. The van der Waals surface area contributed by atoms with Crippen molar-refractivity contribution in [2.75, 3.05) is 13.7 Å². The zero-order valence-corrected chi connectivity index (χ0v) is 9.98. The van der Waals surface area contributed by atoms with Crippen molar-refractivity contribution in [1.29, 1.82) is 0 Å². The molecule has 1 aromatic heterocycles. The Bertz CT molecular complexity index is 341. The number of carbonyl (C=O) groups is 1. The number of hydrogen-bond donors (Lipinski definition) is 2. The van der Waals surface area contributed by atoms with E-state index in [1.54, 1.807) is 18.6 Å². The maximum atomic E-state index is 11.6. The number of methoxy groups -OCH3 is 1. The van der Waals surface area contributed by atoms with Gasteiger partial charge in [-0.1, -0.05) is 0 Å². The lowest BCUT2D eigenvalue weighted by atomic mass is 10.1. The van der Waals surface area contributed by atoms with Crippen LogP contribution < -0.4 is 15.8 Å². The summed E-state index contributed by atoms with van der Waals surface area (Å²) in [5.74, 6) is 0.596. The molecule has 0 aliphatic rings. The summed E-state index contributed by atoms with van der Waals surface area (Å²) in [6.07, 6.45) is 0. The number of ether oxygens (including phenoxy) is 1.